The molecule has 1 atom stereocenters. The molecule has 0 fully saturated rings. The van der Waals surface area contributed by atoms with Gasteiger partial charge in [-0.1, -0.05) is 0 Å². The van der Waals surface area contributed by atoms with E-state index < -0.39 is 0 Å². The van der Waals surface area contributed by atoms with Gasteiger partial charge in [0.2, 0.25) is 6.41 Å². The van der Waals surface area contributed by atoms with E-state index in [0.717, 1.165) is 59.4 Å². The molecule has 4 rings (SSSR count). The maximum Gasteiger partial charge on any atom is 0.210 e. The van der Waals surface area contributed by atoms with Crippen LogP contribution < -0.4 is 14.2 Å². The fourth-order valence-corrected chi connectivity index (χ4v) is 4.50. The summed E-state index contributed by atoms with van der Waals surface area (Å²) in [6.07, 6.45) is 5.53. The molecule has 2 heterocycles. The summed E-state index contributed by atoms with van der Waals surface area (Å²) in [6.45, 7) is 5.81. The Bertz CT molecular complexity index is 1060. The summed E-state index contributed by atoms with van der Waals surface area (Å²) in [5, 5.41) is 1.16. The summed E-state index contributed by atoms with van der Waals surface area (Å²) in [4.78, 5) is 17.1. The van der Waals surface area contributed by atoms with Crippen molar-refractivity contribution in [3.63, 3.8) is 0 Å². The number of carbonyl (C=O) groups excluding carboxylic acids is 1. The Morgan fingerprint density at radius 1 is 1.13 bits per heavy atom. The van der Waals surface area contributed by atoms with Crippen LogP contribution in [0.25, 0.3) is 10.9 Å². The first-order valence-electron chi connectivity index (χ1n) is 11.0. The molecule has 0 radical (unpaired) electrons. The molecule has 0 spiro atoms. The second kappa shape index (κ2) is 9.33. The van der Waals surface area contributed by atoms with E-state index in [1.165, 1.54) is 11.1 Å². The van der Waals surface area contributed by atoms with Gasteiger partial charge in [0.25, 0.3) is 0 Å². The number of benzene rings is 2. The number of carbonyl (C=O) groups is 1. The Morgan fingerprint density at radius 2 is 1.90 bits per heavy atom. The number of aryl methyl sites for hydroxylation is 1. The largest absolute Gasteiger partial charge is 0.497 e. The molecular weight excluding hydrogens is 392 g/mol. The predicted molar refractivity (Wildman–Crippen MR) is 121 cm³/mol. The van der Waals surface area contributed by atoms with Crippen LogP contribution in [-0.4, -0.2) is 43.2 Å². The molecule has 0 bridgehead atoms. The molecule has 0 saturated heterocycles. The maximum absolute atomic E-state index is 11.9. The second-order valence-corrected chi connectivity index (χ2v) is 7.74. The molecule has 3 aromatic rings. The Kier molecular flexibility index (Phi) is 6.35. The molecule has 1 aliphatic heterocycles. The van der Waals surface area contributed by atoms with Crippen molar-refractivity contribution in [1.29, 1.82) is 0 Å². The number of methoxy groups -OCH3 is 1. The fourth-order valence-electron chi connectivity index (χ4n) is 4.50. The Balaban J connectivity index is 1.65. The molecule has 1 aliphatic rings. The molecule has 0 saturated carbocycles. The zero-order valence-corrected chi connectivity index (χ0v) is 18.4. The minimum atomic E-state index is 0.00619. The number of hydrogen-bond acceptors (Lipinski definition) is 4. The average Bonchev–Trinajstić information content (AvgIpc) is 3.20. The molecule has 1 N–H and O–H groups in total. The SMILES string of the molecule is CCOc1cc2c(cc1OCC)C(CCc1c[nH]c3ccc(OC)cc13)N(C=O)CC2. The lowest BCUT2D eigenvalue weighted by Crippen LogP contribution is -2.34. The van der Waals surface area contributed by atoms with E-state index in [0.29, 0.717) is 19.8 Å². The van der Waals surface area contributed by atoms with Crippen molar-refractivity contribution in [3.8, 4) is 17.2 Å². The van der Waals surface area contributed by atoms with Crippen LogP contribution in [0.5, 0.6) is 17.2 Å². The molecule has 31 heavy (non-hydrogen) atoms. The fraction of sp³-hybridized carbons (Fsp3) is 0.400. The lowest BCUT2D eigenvalue weighted by Gasteiger charge is -2.35. The highest BCUT2D eigenvalue weighted by atomic mass is 16.5. The highest BCUT2D eigenvalue weighted by molar-refractivity contribution is 5.84. The van der Waals surface area contributed by atoms with Gasteiger partial charge in [-0.05, 0) is 80.1 Å². The van der Waals surface area contributed by atoms with Crippen LogP contribution in [0.2, 0.25) is 0 Å². The number of fused-ring (bicyclic) bond motifs is 2. The van der Waals surface area contributed by atoms with Gasteiger partial charge in [-0.2, -0.15) is 0 Å². The van der Waals surface area contributed by atoms with Gasteiger partial charge < -0.3 is 24.1 Å². The van der Waals surface area contributed by atoms with Crippen molar-refractivity contribution in [1.82, 2.24) is 9.88 Å². The van der Waals surface area contributed by atoms with E-state index >= 15 is 0 Å². The summed E-state index contributed by atoms with van der Waals surface area (Å²) in [5.41, 5.74) is 4.70. The van der Waals surface area contributed by atoms with Gasteiger partial charge in [0.05, 0.1) is 26.4 Å². The highest BCUT2D eigenvalue weighted by Crippen LogP contribution is 2.40. The van der Waals surface area contributed by atoms with Crippen LogP contribution in [0.1, 0.15) is 43.0 Å². The van der Waals surface area contributed by atoms with Crippen molar-refractivity contribution in [2.75, 3.05) is 26.9 Å². The number of H-pyrrole nitrogens is 1. The normalized spacial score (nSPS) is 15.6. The van der Waals surface area contributed by atoms with Crippen molar-refractivity contribution < 1.29 is 19.0 Å². The minimum absolute atomic E-state index is 0.00619. The number of aromatic nitrogens is 1. The quantitative estimate of drug-likeness (QED) is 0.509. The monoisotopic (exact) mass is 422 g/mol. The summed E-state index contributed by atoms with van der Waals surface area (Å²) < 4.78 is 17.1. The number of nitrogens with one attached hydrogen (secondary N) is 1. The zero-order chi connectivity index (χ0) is 21.8. The van der Waals surface area contributed by atoms with Gasteiger partial charge in [0.15, 0.2) is 11.5 Å². The van der Waals surface area contributed by atoms with Crippen LogP contribution >= 0.6 is 0 Å². The van der Waals surface area contributed by atoms with Gasteiger partial charge >= 0.3 is 0 Å². The highest BCUT2D eigenvalue weighted by Gasteiger charge is 2.28. The molecular formula is C25H30N2O4. The summed E-state index contributed by atoms with van der Waals surface area (Å²) in [7, 11) is 1.68. The van der Waals surface area contributed by atoms with Crippen LogP contribution in [0.15, 0.2) is 36.5 Å². The molecule has 1 unspecified atom stereocenters. The van der Waals surface area contributed by atoms with E-state index in [2.05, 4.69) is 29.4 Å². The lowest BCUT2D eigenvalue weighted by atomic mass is 9.88. The molecule has 0 aliphatic carbocycles. The van der Waals surface area contributed by atoms with Crippen molar-refractivity contribution >= 4 is 17.3 Å². The zero-order valence-electron chi connectivity index (χ0n) is 18.4. The molecule has 2 aromatic carbocycles. The molecule has 164 valence electrons. The van der Waals surface area contributed by atoms with Gasteiger partial charge in [-0.25, -0.2) is 0 Å². The van der Waals surface area contributed by atoms with Gasteiger partial charge in [-0.15, -0.1) is 0 Å². The maximum atomic E-state index is 11.9. The predicted octanol–water partition coefficient (Wildman–Crippen LogP) is 4.66. The van der Waals surface area contributed by atoms with E-state index in [-0.39, 0.29) is 6.04 Å². The third kappa shape index (κ3) is 4.20. The summed E-state index contributed by atoms with van der Waals surface area (Å²) in [5.74, 6) is 2.37. The molecule has 6 heteroatoms. The Morgan fingerprint density at radius 3 is 2.61 bits per heavy atom. The van der Waals surface area contributed by atoms with Crippen LogP contribution in [-0.2, 0) is 17.6 Å². The first-order chi connectivity index (χ1) is 15.2. The number of amides is 1. The number of rotatable bonds is 9. The topological polar surface area (TPSA) is 63.8 Å². The van der Waals surface area contributed by atoms with Crippen molar-refractivity contribution in [2.45, 2.75) is 39.2 Å². The van der Waals surface area contributed by atoms with Gasteiger partial charge in [0.1, 0.15) is 5.75 Å². The van der Waals surface area contributed by atoms with Crippen molar-refractivity contribution in [3.05, 3.63) is 53.2 Å². The Labute approximate surface area is 183 Å². The second-order valence-electron chi connectivity index (χ2n) is 7.74. The van der Waals surface area contributed by atoms with E-state index in [9.17, 15) is 4.79 Å². The van der Waals surface area contributed by atoms with Gasteiger partial charge in [-0.3, -0.25) is 4.79 Å². The summed E-state index contributed by atoms with van der Waals surface area (Å²) in [6, 6.07) is 10.2. The first-order valence-corrected chi connectivity index (χ1v) is 11.0. The average molecular weight is 423 g/mol. The minimum Gasteiger partial charge on any atom is -0.497 e. The number of hydrogen-bond donors (Lipinski definition) is 1. The standard InChI is InChI=1S/C25H30N2O4/c1-4-30-24-12-17-10-11-27(16-28)23(21(17)14-25(24)31-5-2)9-6-18-15-26-22-8-7-19(29-3)13-20(18)22/h7-8,12-16,23,26H,4-6,9-11H2,1-3H3. The third-order valence-electron chi connectivity index (χ3n) is 6.00. The van der Waals surface area contributed by atoms with Crippen LogP contribution in [0, 0.1) is 0 Å². The van der Waals surface area contributed by atoms with E-state index in [1.807, 2.05) is 30.9 Å². The van der Waals surface area contributed by atoms with Crippen LogP contribution in [0.3, 0.4) is 0 Å². The van der Waals surface area contributed by atoms with E-state index in [4.69, 9.17) is 14.2 Å². The lowest BCUT2D eigenvalue weighted by molar-refractivity contribution is -0.120. The van der Waals surface area contributed by atoms with Crippen LogP contribution in [0.4, 0.5) is 0 Å². The van der Waals surface area contributed by atoms with Gasteiger partial charge in [0, 0.05) is 23.6 Å². The third-order valence-corrected chi connectivity index (χ3v) is 6.00. The summed E-state index contributed by atoms with van der Waals surface area (Å²) >= 11 is 0. The molecule has 1 aromatic heterocycles. The number of nitrogens with zero attached hydrogens (tertiary/aromatic N) is 1. The van der Waals surface area contributed by atoms with E-state index in [1.54, 1.807) is 7.11 Å². The molecule has 1 amide bonds. The smallest absolute Gasteiger partial charge is 0.210 e. The van der Waals surface area contributed by atoms with Crippen molar-refractivity contribution in [2.24, 2.45) is 0 Å². The Hall–Kier alpha value is -3.15. The number of aromatic amines is 1. The first kappa shape index (κ1) is 21.1. The molecule has 6 nitrogen and oxygen atoms in total. The number of ether oxygens (including phenoxy) is 3.